The Morgan fingerprint density at radius 2 is 1.75 bits per heavy atom. The minimum absolute atomic E-state index is 0.0528. The molecule has 0 nitrogen and oxygen atoms in total. The lowest BCUT2D eigenvalue weighted by Gasteiger charge is -2.22. The largest absolute Gasteiger partial charge is 0.291 e. The van der Waals surface area contributed by atoms with Gasteiger partial charge in [-0.1, -0.05) is 33.4 Å². The highest BCUT2D eigenvalue weighted by atomic mass is 32.1. The highest BCUT2D eigenvalue weighted by molar-refractivity contribution is 7.84. The van der Waals surface area contributed by atoms with E-state index in [1.165, 1.54) is 6.92 Å². The van der Waals surface area contributed by atoms with Gasteiger partial charge in [-0.2, -0.15) is 8.78 Å². The molecule has 0 amide bonds. The molecule has 16 heavy (non-hydrogen) atoms. The fourth-order valence-electron chi connectivity index (χ4n) is 1.31. The normalized spacial score (nSPS) is 13.4. The summed E-state index contributed by atoms with van der Waals surface area (Å²) in [5.41, 5.74) is 0.522. The second kappa shape index (κ2) is 6.24. The lowest BCUT2D eigenvalue weighted by molar-refractivity contribution is 0.0792. The van der Waals surface area contributed by atoms with Crippen LogP contribution in [0.1, 0.15) is 40.0 Å². The van der Waals surface area contributed by atoms with Gasteiger partial charge < -0.3 is 0 Å². The molecule has 0 atom stereocenters. The number of hydrogen-bond acceptors (Lipinski definition) is 1. The molecule has 0 N–H and O–H groups in total. The third kappa shape index (κ3) is 3.48. The Balaban J connectivity index is 5.15. The predicted octanol–water partition coefficient (Wildman–Crippen LogP) is 5.15. The van der Waals surface area contributed by atoms with Crippen molar-refractivity contribution in [1.82, 2.24) is 0 Å². The van der Waals surface area contributed by atoms with Gasteiger partial charge in [-0.25, -0.2) is 0 Å². The van der Waals surface area contributed by atoms with Crippen LogP contribution in [0, 0.1) is 0 Å². The van der Waals surface area contributed by atoms with Gasteiger partial charge >= 0.3 is 0 Å². The van der Waals surface area contributed by atoms with E-state index in [0.29, 0.717) is 29.7 Å². The molecule has 0 aliphatic heterocycles. The summed E-state index contributed by atoms with van der Waals surface area (Å²) in [4.78, 5) is 0.296. The van der Waals surface area contributed by atoms with Crippen LogP contribution in [0.15, 0.2) is 34.8 Å². The Morgan fingerprint density at radius 3 is 2.12 bits per heavy atom. The van der Waals surface area contributed by atoms with E-state index in [9.17, 15) is 8.78 Å². The van der Waals surface area contributed by atoms with Crippen LogP contribution in [0.25, 0.3) is 0 Å². The number of allylic oxidation sites excluding steroid dienone is 3. The Kier molecular flexibility index (Phi) is 6.01. The lowest BCUT2D eigenvalue weighted by atomic mass is 9.97. The van der Waals surface area contributed by atoms with E-state index in [4.69, 9.17) is 0 Å². The molecule has 0 saturated carbocycles. The first kappa shape index (κ1) is 15.4. The molecule has 0 aromatic rings. The monoisotopic (exact) mass is 246 g/mol. The van der Waals surface area contributed by atoms with E-state index >= 15 is 0 Å². The Hall–Kier alpha value is -0.570. The maximum Gasteiger partial charge on any atom is 0.291 e. The van der Waals surface area contributed by atoms with Gasteiger partial charge in [-0.3, -0.25) is 0 Å². The van der Waals surface area contributed by atoms with Crippen molar-refractivity contribution in [1.29, 1.82) is 0 Å². The minimum atomic E-state index is -2.98. The van der Waals surface area contributed by atoms with Crippen LogP contribution in [-0.2, 0) is 0 Å². The van der Waals surface area contributed by atoms with Gasteiger partial charge in [-0.05, 0) is 30.9 Å². The van der Waals surface area contributed by atoms with Gasteiger partial charge in [0, 0.05) is 10.5 Å². The third-order valence-corrected chi connectivity index (χ3v) is 3.24. The fraction of sp³-hybridized carbons (Fsp3) is 0.538. The zero-order valence-electron chi connectivity index (χ0n) is 10.2. The van der Waals surface area contributed by atoms with Crippen LogP contribution in [-0.4, -0.2) is 5.92 Å². The van der Waals surface area contributed by atoms with Crippen LogP contribution in [0.2, 0.25) is 0 Å². The Morgan fingerprint density at radius 1 is 1.25 bits per heavy atom. The average molecular weight is 246 g/mol. The standard InChI is InChI=1S/C13H20F2S/c1-6-8-10(4)13(14,15)11(5)12(16)9(3)7-2/h16H,3-4,6-8H2,1-2,5H3/b12-11-. The van der Waals surface area contributed by atoms with Crippen LogP contribution in [0.4, 0.5) is 8.78 Å². The molecule has 0 spiro atoms. The summed E-state index contributed by atoms with van der Waals surface area (Å²) in [6.45, 7) is 12.3. The van der Waals surface area contributed by atoms with E-state index in [1.807, 2.05) is 13.8 Å². The lowest BCUT2D eigenvalue weighted by Crippen LogP contribution is -2.21. The van der Waals surface area contributed by atoms with Gasteiger partial charge in [0.15, 0.2) is 0 Å². The zero-order chi connectivity index (χ0) is 12.9. The molecule has 92 valence electrons. The maximum absolute atomic E-state index is 13.9. The second-order valence-electron chi connectivity index (χ2n) is 3.86. The Labute approximate surface area is 103 Å². The van der Waals surface area contributed by atoms with E-state index in [1.54, 1.807) is 0 Å². The number of alkyl halides is 2. The zero-order valence-corrected chi connectivity index (χ0v) is 11.1. The summed E-state index contributed by atoms with van der Waals surface area (Å²) in [5, 5.41) is 0. The summed E-state index contributed by atoms with van der Waals surface area (Å²) in [6, 6.07) is 0. The number of halogens is 2. The smallest absolute Gasteiger partial charge is 0.197 e. The summed E-state index contributed by atoms with van der Waals surface area (Å²) in [5.74, 6) is -2.98. The predicted molar refractivity (Wildman–Crippen MR) is 70.1 cm³/mol. The van der Waals surface area contributed by atoms with Crippen molar-refractivity contribution in [3.8, 4) is 0 Å². The van der Waals surface area contributed by atoms with Gasteiger partial charge in [0.2, 0.25) is 0 Å². The topological polar surface area (TPSA) is 0 Å². The van der Waals surface area contributed by atoms with Crippen molar-refractivity contribution in [2.24, 2.45) is 0 Å². The van der Waals surface area contributed by atoms with Crippen LogP contribution in [0.3, 0.4) is 0 Å². The van der Waals surface area contributed by atoms with Crippen molar-refractivity contribution >= 4 is 12.6 Å². The van der Waals surface area contributed by atoms with E-state index < -0.39 is 5.92 Å². The van der Waals surface area contributed by atoms with Gasteiger partial charge in [0.1, 0.15) is 0 Å². The van der Waals surface area contributed by atoms with Crippen LogP contribution < -0.4 is 0 Å². The van der Waals surface area contributed by atoms with Crippen LogP contribution in [0.5, 0.6) is 0 Å². The first-order valence-electron chi connectivity index (χ1n) is 5.43. The molecule has 0 aromatic carbocycles. The molecule has 0 radical (unpaired) electrons. The first-order chi connectivity index (χ1) is 7.28. The highest BCUT2D eigenvalue weighted by Crippen LogP contribution is 2.37. The molecule has 0 aromatic heterocycles. The molecular weight excluding hydrogens is 226 g/mol. The molecule has 3 heteroatoms. The average Bonchev–Trinajstić information content (AvgIpc) is 2.26. The van der Waals surface area contributed by atoms with Crippen molar-refractivity contribution in [3.63, 3.8) is 0 Å². The first-order valence-corrected chi connectivity index (χ1v) is 5.88. The van der Waals surface area contributed by atoms with Crippen molar-refractivity contribution < 1.29 is 8.78 Å². The van der Waals surface area contributed by atoms with E-state index in [0.717, 1.165) is 0 Å². The molecule has 0 rings (SSSR count). The van der Waals surface area contributed by atoms with Gasteiger partial charge in [0.05, 0.1) is 0 Å². The minimum Gasteiger partial charge on any atom is -0.197 e. The summed E-state index contributed by atoms with van der Waals surface area (Å²) in [6.07, 6.45) is 1.61. The van der Waals surface area contributed by atoms with Crippen molar-refractivity contribution in [2.45, 2.75) is 46.0 Å². The molecule has 0 saturated heterocycles. The number of hydrogen-bond donors (Lipinski definition) is 1. The van der Waals surface area contributed by atoms with Crippen LogP contribution >= 0.6 is 12.6 Å². The summed E-state index contributed by atoms with van der Waals surface area (Å²) >= 11 is 4.12. The summed E-state index contributed by atoms with van der Waals surface area (Å²) < 4.78 is 27.8. The number of thiol groups is 1. The molecule has 0 fully saturated rings. The van der Waals surface area contributed by atoms with Gasteiger partial charge in [-0.15, -0.1) is 12.6 Å². The quantitative estimate of drug-likeness (QED) is 0.374. The molecule has 0 unspecified atom stereocenters. The third-order valence-electron chi connectivity index (χ3n) is 2.58. The second-order valence-corrected chi connectivity index (χ2v) is 4.31. The molecule has 0 aliphatic rings. The number of rotatable bonds is 6. The molecule has 0 heterocycles. The van der Waals surface area contributed by atoms with Crippen molar-refractivity contribution in [2.75, 3.05) is 0 Å². The molecule has 0 aliphatic carbocycles. The SMILES string of the molecule is C=C(CC)/C(S)=C(\C)C(F)(F)C(=C)CCC. The van der Waals surface area contributed by atoms with E-state index in [2.05, 4.69) is 25.8 Å². The Bertz CT molecular complexity index is 314. The van der Waals surface area contributed by atoms with Crippen molar-refractivity contribution in [3.05, 3.63) is 34.8 Å². The molecule has 0 bridgehead atoms. The van der Waals surface area contributed by atoms with E-state index in [-0.39, 0.29) is 11.1 Å². The van der Waals surface area contributed by atoms with Gasteiger partial charge in [0.25, 0.3) is 5.92 Å². The molecular formula is C13H20F2S. The fourth-order valence-corrected chi connectivity index (χ4v) is 1.60. The maximum atomic E-state index is 13.9. The summed E-state index contributed by atoms with van der Waals surface area (Å²) in [7, 11) is 0. The highest BCUT2D eigenvalue weighted by Gasteiger charge is 2.35.